The van der Waals surface area contributed by atoms with Crippen molar-refractivity contribution in [1.29, 1.82) is 0 Å². The van der Waals surface area contributed by atoms with E-state index in [0.717, 1.165) is 0 Å². The van der Waals surface area contributed by atoms with Crippen LogP contribution in [-0.2, 0) is 20.9 Å². The summed E-state index contributed by atoms with van der Waals surface area (Å²) in [6, 6.07) is 3.37. The molecule has 0 aliphatic carbocycles. The van der Waals surface area contributed by atoms with Gasteiger partial charge in [-0.2, -0.15) is 4.98 Å². The second-order valence-corrected chi connectivity index (χ2v) is 6.86. The number of nitrogens with zero attached hydrogens (tertiary/aromatic N) is 2. The fourth-order valence-corrected chi connectivity index (χ4v) is 3.24. The number of nitrogens with two attached hydrogens (primary N) is 1. The third-order valence-electron chi connectivity index (χ3n) is 4.72. The van der Waals surface area contributed by atoms with E-state index in [2.05, 4.69) is 9.97 Å². The molecule has 11 nitrogen and oxygen atoms in total. The molecule has 0 bridgehead atoms. The number of furan rings is 1. The van der Waals surface area contributed by atoms with Crippen molar-refractivity contribution in [3.05, 3.63) is 40.9 Å². The maximum absolute atomic E-state index is 12.2. The van der Waals surface area contributed by atoms with Crippen molar-refractivity contribution in [3.8, 4) is 17.2 Å². The number of aryl methyl sites for hydroxylation is 1. The number of nitrogen functional groups attached to an aromatic ring is 1. The van der Waals surface area contributed by atoms with Crippen LogP contribution >= 0.6 is 0 Å². The normalized spacial score (nSPS) is 11.0. The Morgan fingerprint density at radius 3 is 2.32 bits per heavy atom. The van der Waals surface area contributed by atoms with Gasteiger partial charge in [0.15, 0.2) is 23.9 Å². The molecule has 0 fully saturated rings. The van der Waals surface area contributed by atoms with Crippen molar-refractivity contribution in [2.24, 2.45) is 0 Å². The predicted octanol–water partition coefficient (Wildman–Crippen LogP) is 3.07. The molecule has 0 atom stereocenters. The summed E-state index contributed by atoms with van der Waals surface area (Å²) in [6.07, 6.45) is 2.77. The second-order valence-electron chi connectivity index (χ2n) is 6.86. The highest BCUT2D eigenvalue weighted by Gasteiger charge is 2.24. The zero-order valence-corrected chi connectivity index (χ0v) is 19.5. The zero-order chi connectivity index (χ0) is 24.8. The molecule has 34 heavy (non-hydrogen) atoms. The standard InChI is InChI=1S/C23H25N3O8/c1-6-32-23(28)18-12(2)34-22-19(18)21(24)25-16(26-22)11-33-17(27)8-7-13-9-14(29-3)20(31-5)15(10-13)30-4/h7-10H,6,11H2,1-5H3,(H2,24,25,26)/b8-7+. The lowest BCUT2D eigenvalue weighted by Gasteiger charge is -2.12. The third kappa shape index (κ3) is 5.03. The Labute approximate surface area is 195 Å². The quantitative estimate of drug-likeness (QED) is 0.363. The van der Waals surface area contributed by atoms with E-state index in [1.807, 2.05) is 0 Å². The van der Waals surface area contributed by atoms with Gasteiger partial charge in [0.05, 0.1) is 33.3 Å². The Balaban J connectivity index is 1.74. The van der Waals surface area contributed by atoms with E-state index in [9.17, 15) is 9.59 Å². The number of rotatable bonds is 9. The Hall–Kier alpha value is -4.28. The molecule has 3 rings (SSSR count). The highest BCUT2D eigenvalue weighted by atomic mass is 16.5. The topological polar surface area (TPSA) is 145 Å². The van der Waals surface area contributed by atoms with Crippen LogP contribution in [-0.4, -0.2) is 49.8 Å². The number of hydrogen-bond donors (Lipinski definition) is 1. The molecule has 3 aromatic rings. The fourth-order valence-electron chi connectivity index (χ4n) is 3.24. The molecule has 0 radical (unpaired) electrons. The molecule has 180 valence electrons. The molecule has 0 saturated heterocycles. The SMILES string of the molecule is CCOC(=O)c1c(C)oc2nc(COC(=O)/C=C/c3cc(OC)c(OC)c(OC)c3)nc(N)c12. The van der Waals surface area contributed by atoms with Gasteiger partial charge in [-0.05, 0) is 37.6 Å². The Bertz CT molecular complexity index is 1220. The van der Waals surface area contributed by atoms with Crippen molar-refractivity contribution < 1.29 is 37.7 Å². The highest BCUT2D eigenvalue weighted by Crippen LogP contribution is 2.38. The van der Waals surface area contributed by atoms with Crippen LogP contribution in [0.3, 0.4) is 0 Å². The smallest absolute Gasteiger partial charge is 0.342 e. The first-order chi connectivity index (χ1) is 16.3. The summed E-state index contributed by atoms with van der Waals surface area (Å²) < 4.78 is 31.7. The lowest BCUT2D eigenvalue weighted by Crippen LogP contribution is -2.09. The molecular weight excluding hydrogens is 446 g/mol. The molecule has 2 aromatic heterocycles. The number of aromatic nitrogens is 2. The number of carbonyl (C=O) groups excluding carboxylic acids is 2. The summed E-state index contributed by atoms with van der Waals surface area (Å²) in [5.41, 5.74) is 6.92. The van der Waals surface area contributed by atoms with E-state index in [-0.39, 0.29) is 41.5 Å². The minimum Gasteiger partial charge on any atom is -0.493 e. The van der Waals surface area contributed by atoms with Crippen molar-refractivity contribution in [1.82, 2.24) is 9.97 Å². The predicted molar refractivity (Wildman–Crippen MR) is 122 cm³/mol. The van der Waals surface area contributed by atoms with E-state index in [1.54, 1.807) is 26.0 Å². The van der Waals surface area contributed by atoms with E-state index >= 15 is 0 Å². The minimum absolute atomic E-state index is 0.0175. The van der Waals surface area contributed by atoms with Crippen LogP contribution in [0.25, 0.3) is 17.2 Å². The number of anilines is 1. The number of methoxy groups -OCH3 is 3. The first-order valence-electron chi connectivity index (χ1n) is 10.2. The van der Waals surface area contributed by atoms with Crippen molar-refractivity contribution in [2.75, 3.05) is 33.7 Å². The average molecular weight is 471 g/mol. The molecule has 2 N–H and O–H groups in total. The summed E-state index contributed by atoms with van der Waals surface area (Å²) in [7, 11) is 4.50. The molecule has 11 heteroatoms. The first kappa shape index (κ1) is 24.4. The second kappa shape index (κ2) is 10.6. The van der Waals surface area contributed by atoms with Gasteiger partial charge < -0.3 is 33.8 Å². The Morgan fingerprint density at radius 2 is 1.74 bits per heavy atom. The van der Waals surface area contributed by atoms with Gasteiger partial charge in [-0.25, -0.2) is 14.6 Å². The van der Waals surface area contributed by atoms with Crippen LogP contribution < -0.4 is 19.9 Å². The number of benzene rings is 1. The van der Waals surface area contributed by atoms with Crippen molar-refractivity contribution in [3.63, 3.8) is 0 Å². The molecule has 0 unspecified atom stereocenters. The zero-order valence-electron chi connectivity index (χ0n) is 19.5. The number of ether oxygens (including phenoxy) is 5. The molecule has 0 aliphatic rings. The monoisotopic (exact) mass is 471 g/mol. The summed E-state index contributed by atoms with van der Waals surface area (Å²) >= 11 is 0. The Morgan fingerprint density at radius 1 is 1.06 bits per heavy atom. The van der Waals surface area contributed by atoms with Gasteiger partial charge in [0.2, 0.25) is 11.5 Å². The van der Waals surface area contributed by atoms with Crippen LogP contribution in [0.5, 0.6) is 17.2 Å². The van der Waals surface area contributed by atoms with E-state index in [0.29, 0.717) is 28.6 Å². The number of hydrogen-bond acceptors (Lipinski definition) is 11. The van der Waals surface area contributed by atoms with E-state index in [4.69, 9.17) is 33.8 Å². The fraction of sp³-hybridized carbons (Fsp3) is 0.304. The summed E-state index contributed by atoms with van der Waals surface area (Å²) in [5, 5.41) is 0.258. The minimum atomic E-state index is -0.640. The number of esters is 2. The van der Waals surface area contributed by atoms with E-state index < -0.39 is 11.9 Å². The van der Waals surface area contributed by atoms with E-state index in [1.165, 1.54) is 33.5 Å². The van der Waals surface area contributed by atoms with Crippen LogP contribution in [0.4, 0.5) is 5.82 Å². The molecule has 0 aliphatic heterocycles. The van der Waals surface area contributed by atoms with Crippen LogP contribution in [0.2, 0.25) is 0 Å². The highest BCUT2D eigenvalue weighted by molar-refractivity contribution is 6.07. The molecule has 0 saturated carbocycles. The summed E-state index contributed by atoms with van der Waals surface area (Å²) in [6.45, 7) is 3.23. The third-order valence-corrected chi connectivity index (χ3v) is 4.72. The van der Waals surface area contributed by atoms with Gasteiger partial charge in [0.1, 0.15) is 17.1 Å². The van der Waals surface area contributed by atoms with Gasteiger partial charge in [0, 0.05) is 6.08 Å². The van der Waals surface area contributed by atoms with Crippen LogP contribution in [0.15, 0.2) is 22.6 Å². The van der Waals surface area contributed by atoms with Gasteiger partial charge in [0.25, 0.3) is 0 Å². The molecule has 2 heterocycles. The van der Waals surface area contributed by atoms with Crippen molar-refractivity contribution >= 4 is 34.9 Å². The van der Waals surface area contributed by atoms with Crippen LogP contribution in [0.1, 0.15) is 34.4 Å². The first-order valence-corrected chi connectivity index (χ1v) is 10.2. The maximum Gasteiger partial charge on any atom is 0.342 e. The number of fused-ring (bicyclic) bond motifs is 1. The largest absolute Gasteiger partial charge is 0.493 e. The summed E-state index contributed by atoms with van der Waals surface area (Å²) in [5.74, 6) is 0.550. The van der Waals surface area contributed by atoms with Gasteiger partial charge in [-0.15, -0.1) is 0 Å². The molecule has 1 aromatic carbocycles. The number of carbonyl (C=O) groups is 2. The lowest BCUT2D eigenvalue weighted by atomic mass is 10.1. The summed E-state index contributed by atoms with van der Waals surface area (Å²) in [4.78, 5) is 32.8. The van der Waals surface area contributed by atoms with Crippen molar-refractivity contribution in [2.45, 2.75) is 20.5 Å². The average Bonchev–Trinajstić information content (AvgIpc) is 3.17. The van der Waals surface area contributed by atoms with Gasteiger partial charge >= 0.3 is 11.9 Å². The van der Waals surface area contributed by atoms with Gasteiger partial charge in [-0.1, -0.05) is 0 Å². The molecule has 0 spiro atoms. The maximum atomic E-state index is 12.2. The molecular formula is C23H25N3O8. The molecule has 0 amide bonds. The lowest BCUT2D eigenvalue weighted by molar-refractivity contribution is -0.139. The Kier molecular flexibility index (Phi) is 7.57. The van der Waals surface area contributed by atoms with Gasteiger partial charge in [-0.3, -0.25) is 0 Å². The van der Waals surface area contributed by atoms with Crippen LogP contribution in [0, 0.1) is 6.92 Å².